The summed E-state index contributed by atoms with van der Waals surface area (Å²) in [5.41, 5.74) is 3.76. The van der Waals surface area contributed by atoms with Gasteiger partial charge in [0.15, 0.2) is 0 Å². The minimum absolute atomic E-state index is 0. The second kappa shape index (κ2) is 11.2. The minimum Gasteiger partial charge on any atom is -0.367 e. The largest absolute Gasteiger partial charge is 0.367 e. The van der Waals surface area contributed by atoms with Crippen molar-refractivity contribution in [2.45, 2.75) is 69.7 Å². The first kappa shape index (κ1) is 23.1. The molecule has 6 heteroatoms. The van der Waals surface area contributed by atoms with Crippen molar-refractivity contribution in [3.8, 4) is 0 Å². The molecule has 0 amide bonds. The van der Waals surface area contributed by atoms with Crippen LogP contribution in [0.15, 0.2) is 42.6 Å². The fraction of sp³-hybridized carbons (Fsp3) is 0.538. The predicted molar refractivity (Wildman–Crippen MR) is 138 cm³/mol. The molecule has 2 N–H and O–H groups in total. The summed E-state index contributed by atoms with van der Waals surface area (Å²) in [6, 6.07) is 13.6. The highest BCUT2D eigenvalue weighted by molar-refractivity contribution is 7.59. The summed E-state index contributed by atoms with van der Waals surface area (Å²) in [6.45, 7) is 3.56. The molecule has 0 unspecified atom stereocenters. The summed E-state index contributed by atoms with van der Waals surface area (Å²) in [4.78, 5) is 7.35. The van der Waals surface area contributed by atoms with Gasteiger partial charge in [-0.1, -0.05) is 49.6 Å². The van der Waals surface area contributed by atoms with Gasteiger partial charge in [0, 0.05) is 24.5 Å². The second-order valence-electron chi connectivity index (χ2n) is 9.39. The zero-order valence-electron chi connectivity index (χ0n) is 19.0. The molecular weight excluding hydrogens is 414 g/mol. The first-order valence-electron chi connectivity index (χ1n) is 12.2. The maximum atomic E-state index is 4.69. The number of H-pyrrole nitrogens is 1. The number of hydrogen-bond donors (Lipinski definition) is 2. The van der Waals surface area contributed by atoms with Gasteiger partial charge in [0.25, 0.3) is 0 Å². The molecule has 32 heavy (non-hydrogen) atoms. The van der Waals surface area contributed by atoms with E-state index in [-0.39, 0.29) is 13.5 Å². The number of aromatic nitrogens is 3. The topological polar surface area (TPSA) is 56.8 Å². The Balaban J connectivity index is 0.00000245. The summed E-state index contributed by atoms with van der Waals surface area (Å²) >= 11 is 0. The van der Waals surface area contributed by atoms with Crippen molar-refractivity contribution in [1.82, 2.24) is 20.1 Å². The fourth-order valence-electron chi connectivity index (χ4n) is 5.49. The SMILES string of the molecule is S.c1ccc([C@@H]2CCCN(CCCc3[nH]nc4ccnc(NC5CCCCC5)c34)C2)cc1. The Morgan fingerprint density at radius 3 is 2.69 bits per heavy atom. The smallest absolute Gasteiger partial charge is 0.137 e. The van der Waals surface area contributed by atoms with Gasteiger partial charge in [-0.3, -0.25) is 5.10 Å². The summed E-state index contributed by atoms with van der Waals surface area (Å²) in [7, 11) is 0. The van der Waals surface area contributed by atoms with E-state index in [9.17, 15) is 0 Å². The molecule has 3 aromatic rings. The molecule has 1 aromatic carbocycles. The third kappa shape index (κ3) is 5.46. The number of pyridine rings is 1. The molecule has 1 aliphatic heterocycles. The average Bonchev–Trinajstić information content (AvgIpc) is 3.25. The Bertz CT molecular complexity index is 967. The molecule has 172 valence electrons. The number of nitrogens with one attached hydrogen (secondary N) is 2. The van der Waals surface area contributed by atoms with Crippen LogP contribution in [0.25, 0.3) is 10.9 Å². The monoisotopic (exact) mass is 451 g/mol. The van der Waals surface area contributed by atoms with Gasteiger partial charge in [0.2, 0.25) is 0 Å². The zero-order chi connectivity index (χ0) is 20.9. The Hall–Kier alpha value is -2.05. The van der Waals surface area contributed by atoms with Crippen LogP contribution in [0.3, 0.4) is 0 Å². The molecule has 0 radical (unpaired) electrons. The highest BCUT2D eigenvalue weighted by Gasteiger charge is 2.21. The number of benzene rings is 1. The Labute approximate surface area is 198 Å². The van der Waals surface area contributed by atoms with Gasteiger partial charge in [-0.15, -0.1) is 0 Å². The van der Waals surface area contributed by atoms with E-state index in [2.05, 4.69) is 50.7 Å². The number of hydrogen-bond acceptors (Lipinski definition) is 4. The molecule has 2 fully saturated rings. The number of anilines is 1. The Kier molecular flexibility index (Phi) is 8.09. The van der Waals surface area contributed by atoms with E-state index in [1.54, 1.807) is 0 Å². The maximum Gasteiger partial charge on any atom is 0.137 e. The van der Waals surface area contributed by atoms with Crippen LogP contribution in [-0.4, -0.2) is 45.8 Å². The number of fused-ring (bicyclic) bond motifs is 1. The van der Waals surface area contributed by atoms with Gasteiger partial charge in [0.05, 0.1) is 10.9 Å². The lowest BCUT2D eigenvalue weighted by Gasteiger charge is -2.33. The van der Waals surface area contributed by atoms with Gasteiger partial charge < -0.3 is 10.2 Å². The number of nitrogens with zero attached hydrogens (tertiary/aromatic N) is 3. The van der Waals surface area contributed by atoms with E-state index in [1.807, 2.05) is 12.3 Å². The number of aryl methyl sites for hydroxylation is 1. The summed E-state index contributed by atoms with van der Waals surface area (Å²) in [5, 5.41) is 12.8. The van der Waals surface area contributed by atoms with Crippen molar-refractivity contribution < 1.29 is 0 Å². The lowest BCUT2D eigenvalue weighted by molar-refractivity contribution is 0.206. The predicted octanol–water partition coefficient (Wildman–Crippen LogP) is 5.63. The van der Waals surface area contributed by atoms with Crippen LogP contribution in [0.2, 0.25) is 0 Å². The van der Waals surface area contributed by atoms with Crippen molar-refractivity contribution in [3.63, 3.8) is 0 Å². The van der Waals surface area contributed by atoms with Gasteiger partial charge in [0.1, 0.15) is 5.82 Å². The van der Waals surface area contributed by atoms with E-state index in [1.165, 1.54) is 74.7 Å². The van der Waals surface area contributed by atoms with Crippen LogP contribution >= 0.6 is 13.5 Å². The van der Waals surface area contributed by atoms with Crippen molar-refractivity contribution in [1.29, 1.82) is 0 Å². The third-order valence-electron chi connectivity index (χ3n) is 7.17. The molecule has 0 bridgehead atoms. The maximum absolute atomic E-state index is 4.69. The number of likely N-dealkylation sites (tertiary alicyclic amines) is 1. The second-order valence-corrected chi connectivity index (χ2v) is 9.39. The molecule has 1 saturated heterocycles. The molecule has 1 atom stereocenters. The zero-order valence-corrected chi connectivity index (χ0v) is 20.0. The average molecular weight is 452 g/mol. The van der Waals surface area contributed by atoms with E-state index < -0.39 is 0 Å². The van der Waals surface area contributed by atoms with Crippen molar-refractivity contribution in [2.75, 3.05) is 25.0 Å². The van der Waals surface area contributed by atoms with Crippen LogP contribution in [0.5, 0.6) is 0 Å². The highest BCUT2D eigenvalue weighted by atomic mass is 32.1. The molecule has 5 rings (SSSR count). The van der Waals surface area contributed by atoms with Gasteiger partial charge in [-0.05, 0) is 69.2 Å². The fourth-order valence-corrected chi connectivity index (χ4v) is 5.49. The molecule has 5 nitrogen and oxygen atoms in total. The van der Waals surface area contributed by atoms with Crippen LogP contribution in [-0.2, 0) is 6.42 Å². The van der Waals surface area contributed by atoms with Crippen LogP contribution in [0.1, 0.15) is 68.5 Å². The molecule has 2 aliphatic rings. The summed E-state index contributed by atoms with van der Waals surface area (Å²) < 4.78 is 0. The lowest BCUT2D eigenvalue weighted by Crippen LogP contribution is -2.35. The van der Waals surface area contributed by atoms with Crippen LogP contribution < -0.4 is 5.32 Å². The van der Waals surface area contributed by atoms with E-state index in [4.69, 9.17) is 4.98 Å². The Morgan fingerprint density at radius 2 is 1.84 bits per heavy atom. The molecule has 1 saturated carbocycles. The van der Waals surface area contributed by atoms with Gasteiger partial charge in [-0.25, -0.2) is 4.98 Å². The first-order chi connectivity index (χ1) is 15.4. The summed E-state index contributed by atoms with van der Waals surface area (Å²) in [5.74, 6) is 1.70. The number of rotatable bonds is 7. The standard InChI is InChI=1S/C26H35N5.H2S/c1-3-9-20(10-4-1)21-11-7-17-31(19-21)18-8-14-23-25-24(30-29-23)15-16-27-26(25)28-22-12-5-2-6-13-22;/h1,3-4,9-10,15-16,21-22H,2,5-8,11-14,17-19H2,(H,27,28)(H,29,30);1H2/t21-;/m1./s1. The third-order valence-corrected chi connectivity index (χ3v) is 7.17. The number of aromatic amines is 1. The molecule has 1 aliphatic carbocycles. The molecule has 2 aromatic heterocycles. The normalized spacial score (nSPS) is 20.2. The van der Waals surface area contributed by atoms with Gasteiger partial charge in [-0.2, -0.15) is 18.6 Å². The first-order valence-corrected chi connectivity index (χ1v) is 12.2. The lowest BCUT2D eigenvalue weighted by atomic mass is 9.90. The summed E-state index contributed by atoms with van der Waals surface area (Å²) in [6.07, 6.45) is 13.2. The molecule has 0 spiro atoms. The highest BCUT2D eigenvalue weighted by Crippen LogP contribution is 2.29. The van der Waals surface area contributed by atoms with Crippen LogP contribution in [0, 0.1) is 0 Å². The van der Waals surface area contributed by atoms with Crippen molar-refractivity contribution in [2.24, 2.45) is 0 Å². The van der Waals surface area contributed by atoms with E-state index in [0.29, 0.717) is 12.0 Å². The van der Waals surface area contributed by atoms with E-state index >= 15 is 0 Å². The Morgan fingerprint density at radius 1 is 1.00 bits per heavy atom. The quantitative estimate of drug-likeness (QED) is 0.489. The molecular formula is C26H37N5S. The minimum atomic E-state index is 0. The van der Waals surface area contributed by atoms with Crippen molar-refractivity contribution in [3.05, 3.63) is 53.9 Å². The molecule has 3 heterocycles. The van der Waals surface area contributed by atoms with Gasteiger partial charge >= 0.3 is 0 Å². The number of piperidine rings is 1. The van der Waals surface area contributed by atoms with Crippen LogP contribution in [0.4, 0.5) is 5.82 Å². The van der Waals surface area contributed by atoms with E-state index in [0.717, 1.165) is 30.7 Å². The van der Waals surface area contributed by atoms with Crippen molar-refractivity contribution >= 4 is 30.2 Å².